The van der Waals surface area contributed by atoms with Gasteiger partial charge in [0.15, 0.2) is 5.65 Å². The molecule has 2 N–H and O–H groups in total. The molecular weight excluding hydrogens is 416 g/mol. The third-order valence-electron chi connectivity index (χ3n) is 5.80. The first kappa shape index (κ1) is 20.7. The van der Waals surface area contributed by atoms with Crippen LogP contribution in [-0.4, -0.2) is 43.6 Å². The zero-order valence-electron chi connectivity index (χ0n) is 18.1. The summed E-state index contributed by atoms with van der Waals surface area (Å²) in [4.78, 5) is 22.6. The van der Waals surface area contributed by atoms with E-state index >= 15 is 0 Å². The molecule has 1 unspecified atom stereocenters. The van der Waals surface area contributed by atoms with Gasteiger partial charge >= 0.3 is 0 Å². The Morgan fingerprint density at radius 3 is 2.64 bits per heavy atom. The first-order valence-electron chi connectivity index (χ1n) is 10.9. The van der Waals surface area contributed by atoms with Crippen molar-refractivity contribution in [3.05, 3.63) is 73.4 Å². The lowest BCUT2D eigenvalue weighted by Crippen LogP contribution is -2.40. The van der Waals surface area contributed by atoms with Crippen LogP contribution in [0.4, 0.5) is 5.95 Å². The Bertz CT molecular complexity index is 1300. The summed E-state index contributed by atoms with van der Waals surface area (Å²) in [6.07, 6.45) is 4.84. The molecule has 0 saturated carbocycles. The first-order chi connectivity index (χ1) is 16.1. The maximum absolute atomic E-state index is 12.2. The molecule has 1 aliphatic rings. The van der Waals surface area contributed by atoms with E-state index in [2.05, 4.69) is 16.5 Å². The Labute approximate surface area is 191 Å². The van der Waals surface area contributed by atoms with E-state index in [1.807, 2.05) is 59.3 Å². The Kier molecular flexibility index (Phi) is 5.48. The molecular formula is C25H24N6O2. The molecule has 1 amide bonds. The molecule has 0 aliphatic carbocycles. The zero-order valence-corrected chi connectivity index (χ0v) is 18.1. The number of fused-ring (bicyclic) bond motifs is 1. The maximum atomic E-state index is 12.2. The summed E-state index contributed by atoms with van der Waals surface area (Å²) in [7, 11) is 0. The van der Waals surface area contributed by atoms with Crippen LogP contribution in [-0.2, 0) is 4.79 Å². The van der Waals surface area contributed by atoms with Gasteiger partial charge in [-0.2, -0.15) is 10.1 Å². The van der Waals surface area contributed by atoms with Gasteiger partial charge in [-0.25, -0.2) is 9.67 Å². The van der Waals surface area contributed by atoms with Crippen LogP contribution in [0.3, 0.4) is 0 Å². The molecule has 1 fully saturated rings. The topological polar surface area (TPSA) is 99.2 Å². The largest absolute Gasteiger partial charge is 0.457 e. The lowest BCUT2D eigenvalue weighted by molar-refractivity contribution is -0.127. The van der Waals surface area contributed by atoms with Crippen LogP contribution in [0.25, 0.3) is 22.3 Å². The van der Waals surface area contributed by atoms with Crippen LogP contribution in [0.2, 0.25) is 0 Å². The maximum Gasteiger partial charge on any atom is 0.246 e. The Balaban J connectivity index is 1.49. The number of amides is 1. The highest BCUT2D eigenvalue weighted by Crippen LogP contribution is 2.33. The number of hydrogen-bond donors (Lipinski definition) is 1. The molecule has 8 heteroatoms. The summed E-state index contributed by atoms with van der Waals surface area (Å²) in [6, 6.07) is 17.4. The van der Waals surface area contributed by atoms with E-state index in [1.54, 1.807) is 11.1 Å². The lowest BCUT2D eigenvalue weighted by atomic mass is 10.1. The van der Waals surface area contributed by atoms with Crippen molar-refractivity contribution in [1.82, 2.24) is 24.6 Å². The summed E-state index contributed by atoms with van der Waals surface area (Å²) in [5, 5.41) is 5.72. The van der Waals surface area contributed by atoms with Crippen LogP contribution < -0.4 is 10.5 Å². The number of rotatable bonds is 5. The van der Waals surface area contributed by atoms with E-state index < -0.39 is 0 Å². The summed E-state index contributed by atoms with van der Waals surface area (Å²) < 4.78 is 7.79. The van der Waals surface area contributed by atoms with E-state index in [0.29, 0.717) is 18.7 Å². The second-order valence-electron chi connectivity index (χ2n) is 7.98. The number of nitrogens with zero attached hydrogens (tertiary/aromatic N) is 5. The van der Waals surface area contributed by atoms with Crippen molar-refractivity contribution in [3.8, 4) is 22.8 Å². The average Bonchev–Trinajstić information content (AvgIpc) is 3.23. The fraction of sp³-hybridized carbons (Fsp3) is 0.200. The second-order valence-corrected chi connectivity index (χ2v) is 7.98. The van der Waals surface area contributed by atoms with E-state index in [1.165, 1.54) is 6.08 Å². The molecule has 0 bridgehead atoms. The van der Waals surface area contributed by atoms with Crippen molar-refractivity contribution in [1.29, 1.82) is 0 Å². The quantitative estimate of drug-likeness (QED) is 0.467. The van der Waals surface area contributed by atoms with Gasteiger partial charge in [0.05, 0.1) is 11.4 Å². The van der Waals surface area contributed by atoms with Crippen molar-refractivity contribution in [2.75, 3.05) is 18.8 Å². The van der Waals surface area contributed by atoms with Gasteiger partial charge < -0.3 is 15.4 Å². The number of nitrogens with two attached hydrogens (primary N) is 1. The van der Waals surface area contributed by atoms with Gasteiger partial charge in [0.1, 0.15) is 17.2 Å². The van der Waals surface area contributed by atoms with Gasteiger partial charge in [-0.3, -0.25) is 4.79 Å². The van der Waals surface area contributed by atoms with Gasteiger partial charge in [0.25, 0.3) is 0 Å². The van der Waals surface area contributed by atoms with Crippen LogP contribution in [0.5, 0.6) is 11.5 Å². The van der Waals surface area contributed by atoms with Crippen molar-refractivity contribution in [2.45, 2.75) is 18.9 Å². The SMILES string of the molecule is C=CC(=O)N1CCCC(n2nc(-c3ccc(Oc4ccccc4)cc3)c3cnc(N)nc32)C1. The summed E-state index contributed by atoms with van der Waals surface area (Å²) in [5.74, 6) is 1.64. The third kappa shape index (κ3) is 4.15. The van der Waals surface area contributed by atoms with Crippen molar-refractivity contribution in [3.63, 3.8) is 0 Å². The molecule has 166 valence electrons. The Morgan fingerprint density at radius 1 is 1.12 bits per heavy atom. The standard InChI is InChI=1S/C25H24N6O2/c1-2-22(32)30-14-6-7-18(16-30)31-24-21(15-27-25(26)28-24)23(29-31)17-10-12-20(13-11-17)33-19-8-4-3-5-9-19/h2-5,8-13,15,18H,1,6-7,14,16H2,(H2,26,27,28). The second kappa shape index (κ2) is 8.74. The number of aromatic nitrogens is 4. The number of hydrogen-bond acceptors (Lipinski definition) is 6. The highest BCUT2D eigenvalue weighted by molar-refractivity contribution is 5.91. The molecule has 0 radical (unpaired) electrons. The van der Waals surface area contributed by atoms with Gasteiger partial charge in [-0.1, -0.05) is 24.8 Å². The van der Waals surface area contributed by atoms with Crippen LogP contribution >= 0.6 is 0 Å². The smallest absolute Gasteiger partial charge is 0.246 e. The molecule has 3 heterocycles. The van der Waals surface area contributed by atoms with Crippen LogP contribution in [0, 0.1) is 0 Å². The first-order valence-corrected chi connectivity index (χ1v) is 10.9. The van der Waals surface area contributed by atoms with Crippen molar-refractivity contribution in [2.24, 2.45) is 0 Å². The molecule has 1 atom stereocenters. The number of nitrogen functional groups attached to an aromatic ring is 1. The molecule has 0 spiro atoms. The monoisotopic (exact) mass is 440 g/mol. The Morgan fingerprint density at radius 2 is 1.88 bits per heavy atom. The van der Waals surface area contributed by atoms with Gasteiger partial charge in [0.2, 0.25) is 11.9 Å². The fourth-order valence-electron chi connectivity index (χ4n) is 4.19. The lowest BCUT2D eigenvalue weighted by Gasteiger charge is -2.32. The molecule has 4 aromatic rings. The number of benzene rings is 2. The number of carbonyl (C=O) groups is 1. The number of piperidine rings is 1. The van der Waals surface area contributed by atoms with Crippen molar-refractivity contribution >= 4 is 22.9 Å². The average molecular weight is 441 g/mol. The Hall–Kier alpha value is -4.20. The number of likely N-dealkylation sites (tertiary alicyclic amines) is 1. The van der Waals surface area contributed by atoms with E-state index in [-0.39, 0.29) is 17.9 Å². The van der Waals surface area contributed by atoms with E-state index in [0.717, 1.165) is 41.0 Å². The molecule has 33 heavy (non-hydrogen) atoms. The minimum Gasteiger partial charge on any atom is -0.457 e. The summed E-state index contributed by atoms with van der Waals surface area (Å²) in [6.45, 7) is 4.88. The minimum absolute atomic E-state index is 0.00566. The van der Waals surface area contributed by atoms with Crippen LogP contribution in [0.15, 0.2) is 73.4 Å². The molecule has 2 aromatic carbocycles. The minimum atomic E-state index is -0.0699. The molecule has 5 rings (SSSR count). The molecule has 8 nitrogen and oxygen atoms in total. The summed E-state index contributed by atoms with van der Waals surface area (Å²) in [5.41, 5.74) is 8.26. The molecule has 2 aromatic heterocycles. The highest BCUT2D eigenvalue weighted by Gasteiger charge is 2.27. The number of anilines is 1. The van der Waals surface area contributed by atoms with Gasteiger partial charge in [-0.15, -0.1) is 0 Å². The zero-order chi connectivity index (χ0) is 22.8. The predicted molar refractivity (Wildman–Crippen MR) is 127 cm³/mol. The van der Waals surface area contributed by atoms with E-state index in [9.17, 15) is 4.79 Å². The summed E-state index contributed by atoms with van der Waals surface area (Å²) >= 11 is 0. The molecule has 1 saturated heterocycles. The van der Waals surface area contributed by atoms with Gasteiger partial charge in [-0.05, 0) is 55.3 Å². The number of ether oxygens (including phenoxy) is 1. The van der Waals surface area contributed by atoms with Gasteiger partial charge in [0, 0.05) is 24.8 Å². The highest BCUT2D eigenvalue weighted by atomic mass is 16.5. The van der Waals surface area contributed by atoms with Crippen LogP contribution in [0.1, 0.15) is 18.9 Å². The normalized spacial score (nSPS) is 16.0. The number of para-hydroxylation sites is 1. The predicted octanol–water partition coefficient (Wildman–Crippen LogP) is 4.22. The molecule has 1 aliphatic heterocycles. The van der Waals surface area contributed by atoms with E-state index in [4.69, 9.17) is 15.6 Å². The fourth-order valence-corrected chi connectivity index (χ4v) is 4.19. The third-order valence-corrected chi connectivity index (χ3v) is 5.80. The van der Waals surface area contributed by atoms with Crippen molar-refractivity contribution < 1.29 is 9.53 Å². The number of carbonyl (C=O) groups excluding carboxylic acids is 1.